The average Bonchev–Trinajstić information content (AvgIpc) is 3.37. The van der Waals surface area contributed by atoms with Gasteiger partial charge in [0.25, 0.3) is 0 Å². The number of benzene rings is 9. The van der Waals surface area contributed by atoms with Crippen LogP contribution in [0.3, 0.4) is 0 Å². The molecular formula is C46H30. The van der Waals surface area contributed by atoms with Crippen LogP contribution in [0, 0.1) is 0 Å². The van der Waals surface area contributed by atoms with E-state index in [1.807, 2.05) is 0 Å². The molecular weight excluding hydrogens is 553 g/mol. The quantitative estimate of drug-likeness (QED) is 0.174. The number of fused-ring (bicyclic) bond motifs is 4. The molecule has 0 N–H and O–H groups in total. The Morgan fingerprint density at radius 1 is 0.283 bits per heavy atom. The normalized spacial score (nSPS) is 20.3. The number of hydrogen-bond donors (Lipinski definition) is 0. The summed E-state index contributed by atoms with van der Waals surface area (Å²) in [5, 5.41) is -5.47. The Labute approximate surface area is 309 Å². The van der Waals surface area contributed by atoms with E-state index in [1.165, 1.54) is 0 Å². The SMILES string of the molecule is [2H]c1c([2H])c([2H])c(-c2cc([2H])c3c(-c4c([2H])c([2H])c([2H])c5c([2H])c([2H])c([2H])c([2H])c45)c4c([2H])c([2H])c([2H])c([2H])c4c(-c4c([2H])c([2H])c(-c5c([2H])c([2H])c6c([2H])c([2H])c([2H])c([2H])c6c5[2H])c([2H])c4[2H])c3c2[2H])c([2H])c1[2H]. The molecule has 0 saturated carbocycles. The predicted molar refractivity (Wildman–Crippen MR) is 198 cm³/mol. The van der Waals surface area contributed by atoms with Gasteiger partial charge in [0.2, 0.25) is 0 Å². The Morgan fingerprint density at radius 2 is 0.848 bits per heavy atom. The van der Waals surface area contributed by atoms with Gasteiger partial charge < -0.3 is 0 Å². The Bertz CT molecular complexity index is 4150. The van der Waals surface area contributed by atoms with Gasteiger partial charge in [-0.25, -0.2) is 0 Å². The van der Waals surface area contributed by atoms with Gasteiger partial charge in [-0.3, -0.25) is 0 Å². The second-order valence-electron chi connectivity index (χ2n) is 9.83. The van der Waals surface area contributed by atoms with Crippen LogP contribution in [0.2, 0.25) is 0 Å². The smallest absolute Gasteiger partial charge is 0.0622 e. The Hall–Kier alpha value is -5.98. The van der Waals surface area contributed by atoms with Gasteiger partial charge in [0.1, 0.15) is 0 Å². The third-order valence-electron chi connectivity index (χ3n) is 7.26. The van der Waals surface area contributed by atoms with Gasteiger partial charge in [-0.1, -0.05) is 169 Å². The van der Waals surface area contributed by atoms with Gasteiger partial charge in [-0.05, 0) is 99.7 Å². The zero-order chi connectivity index (χ0) is 55.7. The molecule has 9 rings (SSSR count). The van der Waals surface area contributed by atoms with E-state index in [2.05, 4.69) is 0 Å². The highest BCUT2D eigenvalue weighted by Crippen LogP contribution is 2.46. The zero-order valence-corrected chi connectivity index (χ0v) is 23.1. The minimum absolute atomic E-state index is 0.558. The van der Waals surface area contributed by atoms with Crippen molar-refractivity contribution < 1.29 is 39.8 Å². The lowest BCUT2D eigenvalue weighted by Crippen LogP contribution is -1.92. The largest absolute Gasteiger partial charge is 0.0636 e. The molecule has 9 aromatic rings. The Balaban J connectivity index is 1.62. The van der Waals surface area contributed by atoms with Crippen LogP contribution in [0.1, 0.15) is 39.8 Å². The summed E-state index contributed by atoms with van der Waals surface area (Å²) in [6, 6.07) is -26.4. The fourth-order valence-electron chi connectivity index (χ4n) is 5.26. The molecule has 0 aliphatic heterocycles. The highest BCUT2D eigenvalue weighted by atomic mass is 14.2. The fourth-order valence-corrected chi connectivity index (χ4v) is 5.26. The summed E-state index contributed by atoms with van der Waals surface area (Å²) in [6.45, 7) is 0. The van der Waals surface area contributed by atoms with Crippen LogP contribution in [0.5, 0.6) is 0 Å². The molecule has 0 amide bonds. The van der Waals surface area contributed by atoms with Gasteiger partial charge in [0.15, 0.2) is 0 Å². The van der Waals surface area contributed by atoms with Crippen LogP contribution in [0.4, 0.5) is 0 Å². The highest BCUT2D eigenvalue weighted by molar-refractivity contribution is 6.24. The van der Waals surface area contributed by atoms with Gasteiger partial charge in [-0.15, -0.1) is 0 Å². The fraction of sp³-hybridized carbons (Fsp3) is 0. The van der Waals surface area contributed by atoms with Crippen molar-refractivity contribution in [2.75, 3.05) is 0 Å². The van der Waals surface area contributed by atoms with Crippen molar-refractivity contribution in [1.82, 2.24) is 0 Å². The van der Waals surface area contributed by atoms with E-state index in [-0.39, 0.29) is 0 Å². The second kappa shape index (κ2) is 10.9. The molecule has 0 saturated heterocycles. The van der Waals surface area contributed by atoms with Crippen LogP contribution in [-0.2, 0) is 0 Å². The molecule has 0 nitrogen and oxygen atoms in total. The summed E-state index contributed by atoms with van der Waals surface area (Å²) < 4.78 is 260. The lowest BCUT2D eigenvalue weighted by Gasteiger charge is -2.20. The summed E-state index contributed by atoms with van der Waals surface area (Å²) in [5.41, 5.74) is -6.13. The second-order valence-corrected chi connectivity index (χ2v) is 9.83. The molecule has 0 bridgehead atoms. The maximum absolute atomic E-state index is 9.99. The maximum Gasteiger partial charge on any atom is 0.0636 e. The summed E-state index contributed by atoms with van der Waals surface area (Å²) >= 11 is 0. The van der Waals surface area contributed by atoms with Crippen molar-refractivity contribution in [1.29, 1.82) is 0 Å². The monoisotopic (exact) mass is 611 g/mol. The van der Waals surface area contributed by atoms with Crippen LogP contribution < -0.4 is 0 Å². The van der Waals surface area contributed by atoms with Crippen LogP contribution in [-0.4, -0.2) is 0 Å². The van der Waals surface area contributed by atoms with E-state index in [0.29, 0.717) is 0 Å². The zero-order valence-electron chi connectivity index (χ0n) is 52.1. The first-order chi connectivity index (χ1) is 34.9. The standard InChI is InChI=1S/C46H30/c1-2-11-31(12-3-1)38-27-28-43-44(30-38)45(35-24-21-33(22-25-35)37-26-23-32-13-4-5-15-36(32)29-37)41-18-8-9-19-42(41)46(43)40-20-10-16-34-14-6-7-17-39(34)40/h1-30H/i1D,2D,3D,4D,5D,6D,7D,8D,9D,10D,11D,12D,13D,14D,15D,16D,17D,18D,19D,20D,21D,22D,23D,24D,25D,26D,28D,29D,30D. The lowest BCUT2D eigenvalue weighted by atomic mass is 9.83. The molecule has 0 aliphatic rings. The maximum atomic E-state index is 9.99. The van der Waals surface area contributed by atoms with Crippen LogP contribution in [0.25, 0.3) is 87.6 Å². The van der Waals surface area contributed by atoms with Crippen molar-refractivity contribution in [3.05, 3.63) is 181 Å². The van der Waals surface area contributed by atoms with Crippen LogP contribution >= 0.6 is 0 Å². The van der Waals surface area contributed by atoms with Crippen LogP contribution in [0.15, 0.2) is 181 Å². The topological polar surface area (TPSA) is 0 Å². The molecule has 0 heteroatoms. The molecule has 9 aromatic carbocycles. The molecule has 0 spiro atoms. The Kier molecular flexibility index (Phi) is 2.43. The minimum atomic E-state index is -1.14. The van der Waals surface area contributed by atoms with E-state index in [0.717, 1.165) is 6.07 Å². The molecule has 0 aliphatic carbocycles. The van der Waals surface area contributed by atoms with Gasteiger partial charge in [-0.2, -0.15) is 0 Å². The van der Waals surface area contributed by atoms with E-state index in [9.17, 15) is 12.3 Å². The first-order valence-corrected chi connectivity index (χ1v) is 13.6. The molecule has 0 unspecified atom stereocenters. The van der Waals surface area contributed by atoms with E-state index in [4.69, 9.17) is 27.4 Å². The van der Waals surface area contributed by atoms with Crippen molar-refractivity contribution in [2.24, 2.45) is 0 Å². The molecule has 46 heavy (non-hydrogen) atoms. The number of rotatable bonds is 4. The summed E-state index contributed by atoms with van der Waals surface area (Å²) in [5.74, 6) is 0. The average molecular weight is 612 g/mol. The van der Waals surface area contributed by atoms with E-state index >= 15 is 0 Å². The molecule has 0 fully saturated rings. The summed E-state index contributed by atoms with van der Waals surface area (Å²) in [6.07, 6.45) is 0. The van der Waals surface area contributed by atoms with E-state index in [1.54, 1.807) is 0 Å². The molecule has 214 valence electrons. The van der Waals surface area contributed by atoms with Gasteiger partial charge in [0, 0.05) is 0 Å². The molecule has 0 heterocycles. The van der Waals surface area contributed by atoms with Gasteiger partial charge in [0.05, 0.1) is 39.8 Å². The minimum Gasteiger partial charge on any atom is -0.0622 e. The van der Waals surface area contributed by atoms with Crippen molar-refractivity contribution in [2.45, 2.75) is 0 Å². The third kappa shape index (κ3) is 4.38. The Morgan fingerprint density at radius 3 is 1.65 bits per heavy atom. The van der Waals surface area contributed by atoms with Crippen molar-refractivity contribution in [3.8, 4) is 44.5 Å². The third-order valence-corrected chi connectivity index (χ3v) is 7.26. The lowest BCUT2D eigenvalue weighted by molar-refractivity contribution is 1.62. The molecule has 0 radical (unpaired) electrons. The summed E-state index contributed by atoms with van der Waals surface area (Å²) in [7, 11) is 0. The first-order valence-electron chi connectivity index (χ1n) is 28.1. The predicted octanol–water partition coefficient (Wildman–Crippen LogP) is 13.0. The van der Waals surface area contributed by atoms with Crippen molar-refractivity contribution >= 4 is 43.1 Å². The molecule has 0 aromatic heterocycles. The van der Waals surface area contributed by atoms with Gasteiger partial charge >= 0.3 is 0 Å². The molecule has 0 atom stereocenters. The van der Waals surface area contributed by atoms with E-state index < -0.39 is 263 Å². The number of hydrogen-bond acceptors (Lipinski definition) is 0. The first kappa shape index (κ1) is 10.3. The summed E-state index contributed by atoms with van der Waals surface area (Å²) in [4.78, 5) is 0. The van der Waals surface area contributed by atoms with Crippen molar-refractivity contribution in [3.63, 3.8) is 0 Å². The highest BCUT2D eigenvalue weighted by Gasteiger charge is 2.19.